The van der Waals surface area contributed by atoms with E-state index in [1.54, 1.807) is 12.1 Å². The zero-order chi connectivity index (χ0) is 20.7. The normalized spacial score (nSPS) is 22.1. The van der Waals surface area contributed by atoms with Crippen LogP contribution in [0.25, 0.3) is 10.9 Å². The summed E-state index contributed by atoms with van der Waals surface area (Å²) in [5.41, 5.74) is 4.71. The third-order valence-electron chi connectivity index (χ3n) is 6.86. The van der Waals surface area contributed by atoms with Crippen molar-refractivity contribution in [1.82, 2.24) is 14.8 Å². The molecule has 2 atom stereocenters. The molecule has 0 aliphatic carbocycles. The van der Waals surface area contributed by atoms with E-state index in [1.807, 2.05) is 0 Å². The summed E-state index contributed by atoms with van der Waals surface area (Å²) in [6.07, 6.45) is 2.44. The van der Waals surface area contributed by atoms with E-state index in [4.69, 9.17) is 0 Å². The van der Waals surface area contributed by atoms with Crippen LogP contribution in [0, 0.1) is 5.82 Å². The van der Waals surface area contributed by atoms with E-state index in [2.05, 4.69) is 46.0 Å². The Labute approximate surface area is 176 Å². The minimum atomic E-state index is -0.301. The fraction of sp³-hybridized carbons (Fsp3) is 0.400. The van der Waals surface area contributed by atoms with E-state index in [0.29, 0.717) is 24.1 Å². The number of benzene rings is 2. The van der Waals surface area contributed by atoms with E-state index >= 15 is 0 Å². The first-order valence-corrected chi connectivity index (χ1v) is 11.0. The van der Waals surface area contributed by atoms with Crippen molar-refractivity contribution < 1.29 is 9.18 Å². The molecule has 1 aromatic heterocycles. The number of ketones is 1. The number of nitrogens with zero attached hydrogens (tertiary/aromatic N) is 2. The predicted molar refractivity (Wildman–Crippen MR) is 117 cm³/mol. The van der Waals surface area contributed by atoms with Gasteiger partial charge in [0.2, 0.25) is 0 Å². The van der Waals surface area contributed by atoms with Gasteiger partial charge in [0.1, 0.15) is 5.82 Å². The number of aromatic amines is 1. The lowest BCUT2D eigenvalue weighted by Gasteiger charge is -2.47. The van der Waals surface area contributed by atoms with E-state index in [0.717, 1.165) is 39.0 Å². The van der Waals surface area contributed by atoms with Gasteiger partial charge in [0.15, 0.2) is 5.78 Å². The highest BCUT2D eigenvalue weighted by Crippen LogP contribution is 2.38. The number of Topliss-reactive ketones (excluding diaryl/α,β-unsaturated/α-hetero) is 1. The van der Waals surface area contributed by atoms with E-state index in [-0.39, 0.29) is 11.6 Å². The van der Waals surface area contributed by atoms with Gasteiger partial charge in [-0.2, -0.15) is 0 Å². The lowest BCUT2D eigenvalue weighted by molar-refractivity contribution is 0.0350. The van der Waals surface area contributed by atoms with Gasteiger partial charge in [-0.25, -0.2) is 4.39 Å². The predicted octanol–water partition coefficient (Wildman–Crippen LogP) is 4.57. The van der Waals surface area contributed by atoms with Crippen LogP contribution in [0.5, 0.6) is 0 Å². The number of para-hydroxylation sites is 1. The summed E-state index contributed by atoms with van der Waals surface area (Å²) in [6.45, 7) is 6.41. The Hall–Kier alpha value is -2.50. The average molecular weight is 406 g/mol. The molecule has 0 amide bonds. The van der Waals surface area contributed by atoms with Crippen LogP contribution >= 0.6 is 0 Å². The molecule has 2 unspecified atom stereocenters. The minimum absolute atomic E-state index is 0.100. The monoisotopic (exact) mass is 405 g/mol. The number of carbonyl (C=O) groups is 1. The topological polar surface area (TPSA) is 39.3 Å². The molecule has 5 rings (SSSR count). The Bertz CT molecular complexity index is 1060. The molecule has 2 aromatic carbocycles. The maximum Gasteiger partial charge on any atom is 0.162 e. The molecule has 3 aromatic rings. The van der Waals surface area contributed by atoms with E-state index in [9.17, 15) is 9.18 Å². The molecule has 2 aliphatic heterocycles. The minimum Gasteiger partial charge on any atom is -0.357 e. The van der Waals surface area contributed by atoms with E-state index in [1.165, 1.54) is 34.3 Å². The van der Waals surface area contributed by atoms with Gasteiger partial charge in [-0.1, -0.05) is 18.2 Å². The highest BCUT2D eigenvalue weighted by Gasteiger charge is 2.37. The van der Waals surface area contributed by atoms with Crippen molar-refractivity contribution in [2.24, 2.45) is 0 Å². The quantitative estimate of drug-likeness (QED) is 0.632. The number of rotatable bonds is 5. The first-order chi connectivity index (χ1) is 14.6. The summed E-state index contributed by atoms with van der Waals surface area (Å²) >= 11 is 0. The molecule has 0 spiro atoms. The number of carbonyl (C=O) groups excluding carboxylic acids is 1. The fourth-order valence-electron chi connectivity index (χ4n) is 5.27. The second-order valence-electron chi connectivity index (χ2n) is 8.67. The molecule has 1 fully saturated rings. The highest BCUT2D eigenvalue weighted by atomic mass is 19.1. The maximum atomic E-state index is 13.0. The molecule has 2 aliphatic rings. The van der Waals surface area contributed by atoms with Crippen molar-refractivity contribution in [2.45, 2.75) is 38.3 Å². The van der Waals surface area contributed by atoms with Crippen molar-refractivity contribution in [1.29, 1.82) is 0 Å². The van der Waals surface area contributed by atoms with Gasteiger partial charge in [-0.05, 0) is 62.2 Å². The third-order valence-corrected chi connectivity index (χ3v) is 6.86. The summed E-state index contributed by atoms with van der Waals surface area (Å²) in [7, 11) is 0. The molecule has 1 N–H and O–H groups in total. The Kier molecular flexibility index (Phi) is 5.17. The van der Waals surface area contributed by atoms with Gasteiger partial charge in [0.25, 0.3) is 0 Å². The second kappa shape index (κ2) is 7.97. The largest absolute Gasteiger partial charge is 0.357 e. The maximum absolute atomic E-state index is 13.0. The molecule has 0 bridgehead atoms. The number of halogens is 1. The van der Waals surface area contributed by atoms with Gasteiger partial charge < -0.3 is 9.88 Å². The van der Waals surface area contributed by atoms with E-state index < -0.39 is 0 Å². The first kappa shape index (κ1) is 19.5. The number of nitrogens with one attached hydrogen (secondary N) is 1. The lowest BCUT2D eigenvalue weighted by atomic mass is 9.90. The summed E-state index contributed by atoms with van der Waals surface area (Å²) in [5.74, 6) is -0.201. The molecule has 3 heterocycles. The molecule has 156 valence electrons. The Morgan fingerprint density at radius 2 is 1.93 bits per heavy atom. The van der Waals surface area contributed by atoms with Gasteiger partial charge in [-0.3, -0.25) is 9.69 Å². The number of aromatic nitrogens is 1. The zero-order valence-electron chi connectivity index (χ0n) is 17.4. The van der Waals surface area contributed by atoms with Crippen molar-refractivity contribution >= 4 is 16.7 Å². The zero-order valence-corrected chi connectivity index (χ0v) is 17.4. The van der Waals surface area contributed by atoms with Crippen LogP contribution < -0.4 is 0 Å². The number of fused-ring (bicyclic) bond motifs is 4. The number of piperazine rings is 1. The fourth-order valence-corrected chi connectivity index (χ4v) is 5.27. The molecular formula is C25H28FN3O. The standard InChI is InChI=1S/C25H28FN3O/c1-17-25-22(21-5-2-3-6-23(21)27-25)15-20-16-28(13-14-29(17)20)12-4-7-24(30)18-8-10-19(26)11-9-18/h2-3,5-6,8-11,17,20,27H,4,7,12-16H2,1H3. The third kappa shape index (κ3) is 3.57. The molecule has 30 heavy (non-hydrogen) atoms. The summed E-state index contributed by atoms with van der Waals surface area (Å²) in [4.78, 5) is 21.2. The Morgan fingerprint density at radius 1 is 1.13 bits per heavy atom. The van der Waals surface area contributed by atoms with Gasteiger partial charge in [-0.15, -0.1) is 0 Å². The van der Waals surface area contributed by atoms with Crippen LogP contribution in [0.15, 0.2) is 48.5 Å². The smallest absolute Gasteiger partial charge is 0.162 e. The van der Waals surface area contributed by atoms with Crippen molar-refractivity contribution in [3.8, 4) is 0 Å². The van der Waals surface area contributed by atoms with Crippen LogP contribution in [0.2, 0.25) is 0 Å². The summed E-state index contributed by atoms with van der Waals surface area (Å²) < 4.78 is 13.0. The number of hydrogen-bond acceptors (Lipinski definition) is 3. The van der Waals surface area contributed by atoms with Gasteiger partial charge >= 0.3 is 0 Å². The molecule has 0 radical (unpaired) electrons. The van der Waals surface area contributed by atoms with Crippen molar-refractivity contribution in [3.05, 3.63) is 71.2 Å². The molecule has 1 saturated heterocycles. The summed E-state index contributed by atoms with van der Waals surface area (Å²) in [6, 6.07) is 15.4. The van der Waals surface area contributed by atoms with Crippen LogP contribution in [-0.2, 0) is 6.42 Å². The Morgan fingerprint density at radius 3 is 2.77 bits per heavy atom. The van der Waals surface area contributed by atoms with Crippen LogP contribution in [-0.4, -0.2) is 52.8 Å². The van der Waals surface area contributed by atoms with Crippen molar-refractivity contribution in [2.75, 3.05) is 26.2 Å². The average Bonchev–Trinajstić information content (AvgIpc) is 3.13. The van der Waals surface area contributed by atoms with Crippen LogP contribution in [0.4, 0.5) is 4.39 Å². The second-order valence-corrected chi connectivity index (χ2v) is 8.67. The number of H-pyrrole nitrogens is 1. The highest BCUT2D eigenvalue weighted by molar-refractivity contribution is 5.95. The van der Waals surface area contributed by atoms with Crippen LogP contribution in [0.3, 0.4) is 0 Å². The molecular weight excluding hydrogens is 377 g/mol. The molecule has 0 saturated carbocycles. The number of hydrogen-bond donors (Lipinski definition) is 1. The SMILES string of the molecule is CC1c2[nH]c3ccccc3c2CC2CN(CCCC(=O)c3ccc(F)cc3)CCN21. The van der Waals surface area contributed by atoms with Crippen LogP contribution in [0.1, 0.15) is 47.4 Å². The molecule has 4 nitrogen and oxygen atoms in total. The first-order valence-electron chi connectivity index (χ1n) is 11.0. The summed E-state index contributed by atoms with van der Waals surface area (Å²) in [5, 5.41) is 1.36. The van der Waals surface area contributed by atoms with Crippen molar-refractivity contribution in [3.63, 3.8) is 0 Å². The lowest BCUT2D eigenvalue weighted by Crippen LogP contribution is -2.56. The molecule has 5 heteroatoms. The van der Waals surface area contributed by atoms with Gasteiger partial charge in [0, 0.05) is 60.3 Å². The van der Waals surface area contributed by atoms with Gasteiger partial charge in [0.05, 0.1) is 0 Å². The Balaban J connectivity index is 1.21.